The highest BCUT2D eigenvalue weighted by atomic mass is 16.5. The van der Waals surface area contributed by atoms with E-state index in [4.69, 9.17) is 4.74 Å². The second-order valence-electron chi connectivity index (χ2n) is 6.55. The first kappa shape index (κ1) is 15.9. The van der Waals surface area contributed by atoms with E-state index < -0.39 is 0 Å². The molecule has 1 rings (SSSR count). The van der Waals surface area contributed by atoms with Crippen LogP contribution < -0.4 is 5.32 Å². The Balaban J connectivity index is 2.40. The van der Waals surface area contributed by atoms with Crippen molar-refractivity contribution in [1.82, 2.24) is 10.2 Å². The van der Waals surface area contributed by atoms with Crippen LogP contribution in [0.2, 0.25) is 0 Å². The van der Waals surface area contributed by atoms with Gasteiger partial charge in [0.2, 0.25) is 0 Å². The van der Waals surface area contributed by atoms with Crippen LogP contribution in [0.25, 0.3) is 0 Å². The van der Waals surface area contributed by atoms with E-state index in [1.165, 1.54) is 25.9 Å². The van der Waals surface area contributed by atoms with Crippen molar-refractivity contribution in [2.75, 3.05) is 33.3 Å². The molecule has 0 aromatic carbocycles. The Labute approximate surface area is 113 Å². The monoisotopic (exact) mass is 256 g/mol. The topological polar surface area (TPSA) is 24.5 Å². The van der Waals surface area contributed by atoms with Crippen LogP contribution in [0.4, 0.5) is 0 Å². The fraction of sp³-hybridized carbons (Fsp3) is 1.00. The average molecular weight is 256 g/mol. The highest BCUT2D eigenvalue weighted by Crippen LogP contribution is 2.22. The molecule has 3 heteroatoms. The number of nitrogens with one attached hydrogen (secondary N) is 1. The molecule has 1 aliphatic rings. The first-order valence-electron chi connectivity index (χ1n) is 7.48. The third-order valence-electron chi connectivity index (χ3n) is 4.02. The Kier molecular flexibility index (Phi) is 6.61. The molecule has 108 valence electrons. The van der Waals surface area contributed by atoms with Crippen molar-refractivity contribution in [3.8, 4) is 0 Å². The van der Waals surface area contributed by atoms with Gasteiger partial charge in [-0.1, -0.05) is 27.7 Å². The Morgan fingerprint density at radius 2 is 2.11 bits per heavy atom. The third-order valence-corrected chi connectivity index (χ3v) is 4.02. The molecular formula is C15H32N2O. The minimum atomic E-state index is 0.335. The molecule has 0 amide bonds. The number of hydrogen-bond donors (Lipinski definition) is 1. The van der Waals surface area contributed by atoms with Gasteiger partial charge in [-0.2, -0.15) is 0 Å². The largest absolute Gasteiger partial charge is 0.377 e. The van der Waals surface area contributed by atoms with Crippen LogP contribution in [0.3, 0.4) is 0 Å². The third kappa shape index (κ3) is 5.25. The first-order chi connectivity index (χ1) is 8.47. The van der Waals surface area contributed by atoms with Crippen molar-refractivity contribution in [2.45, 2.75) is 59.1 Å². The number of hydrogen-bond acceptors (Lipinski definition) is 3. The fourth-order valence-corrected chi connectivity index (χ4v) is 2.74. The van der Waals surface area contributed by atoms with Gasteiger partial charge in [0, 0.05) is 25.7 Å². The molecule has 0 aliphatic carbocycles. The van der Waals surface area contributed by atoms with E-state index in [-0.39, 0.29) is 0 Å². The van der Waals surface area contributed by atoms with Gasteiger partial charge in [-0.3, -0.25) is 0 Å². The van der Waals surface area contributed by atoms with Crippen LogP contribution >= 0.6 is 0 Å². The highest BCUT2D eigenvalue weighted by Gasteiger charge is 2.24. The molecule has 3 nitrogen and oxygen atoms in total. The molecule has 0 radical (unpaired) electrons. The molecule has 1 saturated heterocycles. The van der Waals surface area contributed by atoms with Crippen LogP contribution in [0, 0.1) is 5.41 Å². The van der Waals surface area contributed by atoms with Gasteiger partial charge in [-0.15, -0.1) is 0 Å². The molecule has 0 bridgehead atoms. The summed E-state index contributed by atoms with van der Waals surface area (Å²) in [7, 11) is 2.08. The lowest BCUT2D eigenvalue weighted by atomic mass is 9.85. The van der Waals surface area contributed by atoms with Crippen molar-refractivity contribution in [3.05, 3.63) is 0 Å². The summed E-state index contributed by atoms with van der Waals surface area (Å²) in [5, 5.41) is 3.46. The van der Waals surface area contributed by atoms with E-state index >= 15 is 0 Å². The number of nitrogens with zero attached hydrogens (tertiary/aromatic N) is 1. The lowest BCUT2D eigenvalue weighted by Gasteiger charge is -2.33. The fourth-order valence-electron chi connectivity index (χ4n) is 2.74. The van der Waals surface area contributed by atoms with Gasteiger partial charge in [0.1, 0.15) is 0 Å². The summed E-state index contributed by atoms with van der Waals surface area (Å²) in [5.74, 6) is 0. The van der Waals surface area contributed by atoms with Gasteiger partial charge >= 0.3 is 0 Å². The molecule has 0 aromatic rings. The zero-order valence-corrected chi connectivity index (χ0v) is 13.0. The van der Waals surface area contributed by atoms with E-state index in [2.05, 4.69) is 45.0 Å². The van der Waals surface area contributed by atoms with Gasteiger partial charge in [-0.05, 0) is 38.3 Å². The summed E-state index contributed by atoms with van der Waals surface area (Å²) in [4.78, 5) is 2.58. The first-order valence-corrected chi connectivity index (χ1v) is 7.48. The summed E-state index contributed by atoms with van der Waals surface area (Å²) >= 11 is 0. The molecular weight excluding hydrogens is 224 g/mol. The number of rotatable bonds is 5. The quantitative estimate of drug-likeness (QED) is 0.818. The summed E-state index contributed by atoms with van der Waals surface area (Å²) in [6, 6.07) is 0.585. The summed E-state index contributed by atoms with van der Waals surface area (Å²) in [5.41, 5.74) is 0.335. The second kappa shape index (κ2) is 7.46. The van der Waals surface area contributed by atoms with E-state index in [1.807, 2.05) is 0 Å². The molecule has 1 aliphatic heterocycles. The SMILES string of the molecule is CCC1CN(CCC(NC)C(C)(C)C)CCCO1. The lowest BCUT2D eigenvalue weighted by molar-refractivity contribution is 0.0509. The predicted molar refractivity (Wildman–Crippen MR) is 78.0 cm³/mol. The predicted octanol–water partition coefficient (Wildman–Crippen LogP) is 2.51. The molecule has 2 unspecified atom stereocenters. The Morgan fingerprint density at radius 1 is 1.39 bits per heavy atom. The Bertz CT molecular complexity index is 225. The van der Waals surface area contributed by atoms with Crippen LogP contribution in [0.15, 0.2) is 0 Å². The summed E-state index contributed by atoms with van der Waals surface area (Å²) < 4.78 is 5.83. The Morgan fingerprint density at radius 3 is 2.67 bits per heavy atom. The van der Waals surface area contributed by atoms with Gasteiger partial charge in [0.25, 0.3) is 0 Å². The van der Waals surface area contributed by atoms with Crippen molar-refractivity contribution < 1.29 is 4.74 Å². The molecule has 0 aromatic heterocycles. The van der Waals surface area contributed by atoms with Gasteiger partial charge in [0.05, 0.1) is 6.10 Å². The zero-order valence-electron chi connectivity index (χ0n) is 13.0. The van der Waals surface area contributed by atoms with Gasteiger partial charge < -0.3 is 15.0 Å². The average Bonchev–Trinajstić information content (AvgIpc) is 2.53. The molecule has 18 heavy (non-hydrogen) atoms. The zero-order chi connectivity index (χ0) is 13.6. The number of ether oxygens (including phenoxy) is 1. The standard InChI is InChI=1S/C15H32N2O/c1-6-13-12-17(9-7-11-18-13)10-8-14(16-5)15(2,3)4/h13-14,16H,6-12H2,1-5H3. The van der Waals surface area contributed by atoms with Crippen LogP contribution in [-0.2, 0) is 4.74 Å². The van der Waals surface area contributed by atoms with E-state index in [9.17, 15) is 0 Å². The van der Waals surface area contributed by atoms with E-state index in [0.29, 0.717) is 17.6 Å². The van der Waals surface area contributed by atoms with E-state index in [0.717, 1.165) is 19.6 Å². The normalized spacial score (nSPS) is 24.8. The van der Waals surface area contributed by atoms with Crippen LogP contribution in [-0.4, -0.2) is 50.3 Å². The smallest absolute Gasteiger partial charge is 0.0699 e. The second-order valence-corrected chi connectivity index (χ2v) is 6.55. The van der Waals surface area contributed by atoms with Crippen molar-refractivity contribution in [1.29, 1.82) is 0 Å². The minimum Gasteiger partial charge on any atom is -0.377 e. The Hall–Kier alpha value is -0.120. The van der Waals surface area contributed by atoms with Crippen LogP contribution in [0.1, 0.15) is 47.0 Å². The maximum atomic E-state index is 5.83. The van der Waals surface area contributed by atoms with Crippen molar-refractivity contribution >= 4 is 0 Å². The summed E-state index contributed by atoms with van der Waals surface area (Å²) in [6.45, 7) is 13.6. The molecule has 1 N–H and O–H groups in total. The van der Waals surface area contributed by atoms with Crippen LogP contribution in [0.5, 0.6) is 0 Å². The van der Waals surface area contributed by atoms with E-state index in [1.54, 1.807) is 0 Å². The van der Waals surface area contributed by atoms with Gasteiger partial charge in [-0.25, -0.2) is 0 Å². The highest BCUT2D eigenvalue weighted by molar-refractivity contribution is 4.81. The molecule has 1 heterocycles. The maximum absolute atomic E-state index is 5.83. The lowest BCUT2D eigenvalue weighted by Crippen LogP contribution is -2.42. The maximum Gasteiger partial charge on any atom is 0.0699 e. The summed E-state index contributed by atoms with van der Waals surface area (Å²) in [6.07, 6.45) is 3.97. The van der Waals surface area contributed by atoms with Crippen molar-refractivity contribution in [2.24, 2.45) is 5.41 Å². The minimum absolute atomic E-state index is 0.335. The molecule has 1 fully saturated rings. The molecule has 0 spiro atoms. The van der Waals surface area contributed by atoms with Gasteiger partial charge in [0.15, 0.2) is 0 Å². The molecule has 2 atom stereocenters. The molecule has 0 saturated carbocycles. The van der Waals surface area contributed by atoms with Crippen molar-refractivity contribution in [3.63, 3.8) is 0 Å².